The zero-order chi connectivity index (χ0) is 38.8. The van der Waals surface area contributed by atoms with E-state index in [1.165, 1.54) is 12.2 Å². The number of hydrogen-bond donors (Lipinski definition) is 5. The van der Waals surface area contributed by atoms with Crippen molar-refractivity contribution in [3.8, 4) is 0 Å². The molecule has 1 aliphatic heterocycles. The molecule has 7 N–H and O–H groups in total. The Balaban J connectivity index is -0.0000000372. The van der Waals surface area contributed by atoms with Gasteiger partial charge < -0.3 is 30.5 Å². The molecule has 1 aliphatic rings. The van der Waals surface area contributed by atoms with Crippen molar-refractivity contribution in [2.24, 2.45) is 11.5 Å². The highest BCUT2D eigenvalue weighted by Gasteiger charge is 2.09. The summed E-state index contributed by atoms with van der Waals surface area (Å²) >= 11 is 5.81. The molecule has 0 saturated carbocycles. The van der Waals surface area contributed by atoms with Crippen LogP contribution in [0.25, 0.3) is 0 Å². The normalized spacial score (nSPS) is 8.64. The van der Waals surface area contributed by atoms with Gasteiger partial charge >= 0.3 is 0 Å². The Morgan fingerprint density at radius 1 is 0.830 bits per heavy atom. The summed E-state index contributed by atoms with van der Waals surface area (Å²) in [5.41, 5.74) is 18.5. The fourth-order valence-corrected chi connectivity index (χ4v) is 2.37. The van der Waals surface area contributed by atoms with E-state index in [1.807, 2.05) is 79.7 Å². The summed E-state index contributed by atoms with van der Waals surface area (Å²) in [6, 6.07) is 0. The van der Waals surface area contributed by atoms with Crippen LogP contribution in [0, 0.1) is 0 Å². The number of nitrogens with one attached hydrogen (secondary N) is 1. The van der Waals surface area contributed by atoms with Crippen molar-refractivity contribution < 1.29 is 38.0 Å². The van der Waals surface area contributed by atoms with Gasteiger partial charge in [0.15, 0.2) is 0 Å². The SMILES string of the molecule is C=CC.C=CC.C=CC.C=CC.C=CC=C=CC.C=CC=C=CC.CC=C=CC.[2H]CN.[2H]C[NH+]=C(N)CCCS.[Cl-].[Cl-].[NH2+]=C1CCCS1. The van der Waals surface area contributed by atoms with Gasteiger partial charge in [-0.15, -0.1) is 43.5 Å². The monoisotopic (exact) mass is 734 g/mol. The van der Waals surface area contributed by atoms with Crippen molar-refractivity contribution >= 4 is 35.3 Å². The molecule has 1 rings (SSSR count). The Labute approximate surface area is 319 Å². The third-order valence-corrected chi connectivity index (χ3v) is 4.17. The van der Waals surface area contributed by atoms with Gasteiger partial charge in [-0.05, 0) is 117 Å². The average molecular weight is 736 g/mol. The largest absolute Gasteiger partial charge is 1.00 e. The summed E-state index contributed by atoms with van der Waals surface area (Å²) in [4.78, 5) is 2.71. The van der Waals surface area contributed by atoms with Crippen molar-refractivity contribution in [2.75, 3.05) is 25.6 Å². The highest BCUT2D eigenvalue weighted by molar-refractivity contribution is 8.14. The van der Waals surface area contributed by atoms with Gasteiger partial charge in [0, 0.05) is 20.0 Å². The number of nitrogens with two attached hydrogens (primary N) is 3. The first-order valence-corrected chi connectivity index (χ1v) is 16.2. The van der Waals surface area contributed by atoms with E-state index in [9.17, 15) is 0 Å². The molecule has 0 atom stereocenters. The summed E-state index contributed by atoms with van der Waals surface area (Å²) in [6.07, 6.45) is 25.6. The smallest absolute Gasteiger partial charge is 0.240 e. The number of hydrogen-bond acceptors (Lipinski definition) is 3. The van der Waals surface area contributed by atoms with Crippen molar-refractivity contribution in [3.63, 3.8) is 0 Å². The van der Waals surface area contributed by atoms with Crippen molar-refractivity contribution in [1.82, 2.24) is 0 Å². The molecule has 0 aliphatic carbocycles. The molecule has 1 fully saturated rings. The van der Waals surface area contributed by atoms with Gasteiger partial charge in [-0.2, -0.15) is 12.6 Å². The molecule has 1 heterocycles. The van der Waals surface area contributed by atoms with Crippen LogP contribution in [-0.4, -0.2) is 36.4 Å². The van der Waals surface area contributed by atoms with Crippen LogP contribution < -0.4 is 46.7 Å². The molecule has 0 radical (unpaired) electrons. The van der Waals surface area contributed by atoms with Gasteiger partial charge in [-0.3, -0.25) is 16.1 Å². The first-order chi connectivity index (χ1) is 22.5. The lowest BCUT2D eigenvalue weighted by Crippen LogP contribution is -3.00. The topological polar surface area (TPSA) is 91.6 Å². The second-order valence-electron chi connectivity index (χ2n) is 7.04. The molecule has 0 amide bonds. The number of amidine groups is 1. The Morgan fingerprint density at radius 2 is 1.17 bits per heavy atom. The minimum absolute atomic E-state index is 0. The van der Waals surface area contributed by atoms with Crippen LogP contribution in [0.1, 0.15) is 83.8 Å². The minimum Gasteiger partial charge on any atom is -1.00 e. The number of halogens is 2. The molecule has 0 spiro atoms. The van der Waals surface area contributed by atoms with Gasteiger partial charge in [-0.25, -0.2) is 0 Å². The van der Waals surface area contributed by atoms with Gasteiger partial charge in [0.2, 0.25) is 10.9 Å². The zero-order valence-corrected chi connectivity index (χ0v) is 34.4. The number of rotatable bonds is 5. The van der Waals surface area contributed by atoms with Crippen molar-refractivity contribution in [1.29, 1.82) is 0 Å². The maximum Gasteiger partial charge on any atom is 0.240 e. The lowest BCUT2D eigenvalue weighted by molar-refractivity contribution is -0.422. The Hall–Kier alpha value is -2.62. The number of thiol groups is 1. The van der Waals surface area contributed by atoms with Crippen LogP contribution in [0.3, 0.4) is 0 Å². The summed E-state index contributed by atoms with van der Waals surface area (Å²) in [6.45, 7) is 35.6. The second-order valence-corrected chi connectivity index (χ2v) is 8.71. The number of thioether (sulfide) groups is 1. The van der Waals surface area contributed by atoms with Crippen LogP contribution >= 0.6 is 24.4 Å². The molecule has 8 heteroatoms. The summed E-state index contributed by atoms with van der Waals surface area (Å²) < 4.78 is 12.7. The van der Waals surface area contributed by atoms with E-state index in [0.717, 1.165) is 30.1 Å². The molecule has 0 bridgehead atoms. The minimum atomic E-state index is 0. The predicted octanol–water partition coefficient (Wildman–Crippen LogP) is 2.33. The summed E-state index contributed by atoms with van der Waals surface area (Å²) in [7, 11) is 0.165. The van der Waals surface area contributed by atoms with Gasteiger partial charge in [-0.1, -0.05) is 61.4 Å². The zero-order valence-electron chi connectivity index (χ0n) is 33.2. The van der Waals surface area contributed by atoms with Crippen LogP contribution in [0.4, 0.5) is 0 Å². The van der Waals surface area contributed by atoms with Gasteiger partial charge in [0.05, 0.1) is 8.39 Å². The molecule has 0 aromatic carbocycles. The Morgan fingerprint density at radius 3 is 1.30 bits per heavy atom. The maximum atomic E-state index is 6.74. The van der Waals surface area contributed by atoms with E-state index in [-0.39, 0.29) is 38.9 Å². The van der Waals surface area contributed by atoms with E-state index in [4.69, 9.17) is 13.9 Å². The molecule has 276 valence electrons. The molecule has 0 aromatic heterocycles. The fourth-order valence-electron chi connectivity index (χ4n) is 1.37. The van der Waals surface area contributed by atoms with E-state index in [1.54, 1.807) is 60.4 Å². The van der Waals surface area contributed by atoms with Crippen molar-refractivity contribution in [2.45, 2.75) is 81.1 Å². The molecule has 4 nitrogen and oxygen atoms in total. The van der Waals surface area contributed by atoms with Crippen LogP contribution in [-0.2, 0) is 0 Å². The third kappa shape index (κ3) is 220. The summed E-state index contributed by atoms with van der Waals surface area (Å²) in [5.74, 6) is 2.78. The fraction of sp³-hybridized carbons (Fsp3) is 0.410. The van der Waals surface area contributed by atoms with Crippen molar-refractivity contribution in [3.05, 3.63) is 130 Å². The average Bonchev–Trinajstić information content (AvgIpc) is 3.52. The molecular formula is C39H74Cl2N4S2. The summed E-state index contributed by atoms with van der Waals surface area (Å²) in [5, 5.41) is 6.53. The first-order valence-electron chi connectivity index (χ1n) is 16.0. The third-order valence-electron chi connectivity index (χ3n) is 2.78. The molecule has 0 unspecified atom stereocenters. The lowest BCUT2D eigenvalue weighted by Gasteiger charge is -1.87. The lowest BCUT2D eigenvalue weighted by atomic mass is 10.3. The van der Waals surface area contributed by atoms with E-state index < -0.39 is 0 Å². The van der Waals surface area contributed by atoms with Crippen LogP contribution in [0.5, 0.6) is 0 Å². The van der Waals surface area contributed by atoms with E-state index in [2.05, 4.69) is 80.0 Å². The molecule has 47 heavy (non-hydrogen) atoms. The van der Waals surface area contributed by atoms with E-state index >= 15 is 0 Å². The Bertz CT molecular complexity index is 806. The van der Waals surface area contributed by atoms with Crippen LogP contribution in [0.15, 0.2) is 130 Å². The van der Waals surface area contributed by atoms with E-state index in [0.29, 0.717) is 5.84 Å². The second kappa shape index (κ2) is 112. The van der Waals surface area contributed by atoms with Crippen LogP contribution in [0.2, 0.25) is 0 Å². The molecular weight excluding hydrogens is 659 g/mol. The maximum absolute atomic E-state index is 6.74. The highest BCUT2D eigenvalue weighted by Crippen LogP contribution is 2.15. The van der Waals surface area contributed by atoms with Gasteiger partial charge in [0.1, 0.15) is 0 Å². The van der Waals surface area contributed by atoms with Gasteiger partial charge in [0.25, 0.3) is 0 Å². The Kier molecular flexibility index (Phi) is 159. The predicted molar refractivity (Wildman–Crippen MR) is 222 cm³/mol. The highest BCUT2D eigenvalue weighted by atomic mass is 35.5. The quantitative estimate of drug-likeness (QED) is 0.0751. The number of allylic oxidation sites excluding steroid dienone is 9. The standard InChI is InChI=1S/2C6H8.C5H12N2S.C5H8.C4H7NS.4C3H6.CH5N.2ClH/c2*1-3-5-6-4-2;1-7-5(6)3-2-4-8;1-3-5-4-2;5-4-2-1-3-6-4;4*1-3-2;1-2;;/h2*3-5H,1H2,2H3;8H,2-4H2,1H3,(H2,6,7);3-4H,1-2H3;5H,1-3H2;4*3H,1H2,2H3;2H2,1H3;2*1H/i;;1D;;;;;;;1D;;. The first kappa shape index (κ1) is 66.7. The molecule has 0 aromatic rings. The molecule has 1 saturated heterocycles.